The zero-order chi connectivity index (χ0) is 63.0. The highest BCUT2D eigenvalue weighted by molar-refractivity contribution is 4.76. The first-order valence-electron chi connectivity index (χ1n) is 36.2. The molecule has 0 fully saturated rings. The molecule has 0 amide bonds. The first-order chi connectivity index (χ1) is 36.2. The second-order valence-electron chi connectivity index (χ2n) is 25.3. The zero-order valence-corrected chi connectivity index (χ0v) is 63.0. The fourth-order valence-electron chi connectivity index (χ4n) is 9.49. The van der Waals surface area contributed by atoms with Gasteiger partial charge in [-0.05, 0) is 69.5 Å². The predicted octanol–water partition coefficient (Wildman–Crippen LogP) is 31.1. The summed E-state index contributed by atoms with van der Waals surface area (Å²) in [5.74, 6) is 4.78. The normalized spacial score (nSPS) is 11.2. The van der Waals surface area contributed by atoms with Gasteiger partial charge in [-0.2, -0.15) is 0 Å². The van der Waals surface area contributed by atoms with Crippen LogP contribution in [0.5, 0.6) is 0 Å². The minimum absolute atomic E-state index is 0.583. The smallest absolute Gasteiger partial charge is 0.0303 e. The van der Waals surface area contributed by atoms with E-state index in [1.807, 2.05) is 0 Å². The van der Waals surface area contributed by atoms with Crippen molar-refractivity contribution in [1.29, 1.82) is 0 Å². The highest BCUT2D eigenvalue weighted by Gasteiger charge is 2.24. The van der Waals surface area contributed by atoms with E-state index < -0.39 is 0 Å². The third kappa shape index (κ3) is 65.0. The lowest BCUT2D eigenvalue weighted by molar-refractivity contribution is 0.214. The lowest BCUT2D eigenvalue weighted by Gasteiger charge is -2.31. The van der Waals surface area contributed by atoms with Crippen LogP contribution in [0.25, 0.3) is 0 Å². The van der Waals surface area contributed by atoms with E-state index in [2.05, 4.69) is 242 Å². The van der Waals surface area contributed by atoms with E-state index in [4.69, 9.17) is 0 Å². The van der Waals surface area contributed by atoms with Crippen molar-refractivity contribution < 1.29 is 0 Å². The Kier molecular flexibility index (Phi) is 92.8. The number of hydrogen-bond donors (Lipinski definition) is 0. The Labute approximate surface area is 502 Å². The van der Waals surface area contributed by atoms with Crippen molar-refractivity contribution in [3.8, 4) is 0 Å². The quantitative estimate of drug-likeness (QED) is 0.0630. The summed E-state index contributed by atoms with van der Waals surface area (Å²) in [4.78, 5) is 0. The molecule has 0 aromatic heterocycles. The van der Waals surface area contributed by atoms with Crippen LogP contribution in [0.4, 0.5) is 0 Å². The fourth-order valence-corrected chi connectivity index (χ4v) is 9.49. The van der Waals surface area contributed by atoms with Crippen molar-refractivity contribution in [2.45, 2.75) is 448 Å². The van der Waals surface area contributed by atoms with Crippen molar-refractivity contribution in [3.63, 3.8) is 0 Å². The fraction of sp³-hybridized carbons (Fsp3) is 1.00. The first kappa shape index (κ1) is 99.1. The molecule has 0 bridgehead atoms. The van der Waals surface area contributed by atoms with Gasteiger partial charge in [0.1, 0.15) is 0 Å². The predicted molar refractivity (Wildman–Crippen MR) is 376 cm³/mol. The van der Waals surface area contributed by atoms with Crippen molar-refractivity contribution in [2.24, 2.45) is 56.7 Å². The summed E-state index contributed by atoms with van der Waals surface area (Å²) in [5.41, 5.74) is 3.27. The molecular formula is C77H174. The molecule has 0 aliphatic carbocycles. The summed E-state index contributed by atoms with van der Waals surface area (Å²) in [7, 11) is 0. The molecule has 0 radical (unpaired) electrons. The van der Waals surface area contributed by atoms with E-state index in [9.17, 15) is 0 Å². The maximum atomic E-state index is 2.34. The van der Waals surface area contributed by atoms with Crippen LogP contribution in [0.15, 0.2) is 0 Å². The molecule has 0 atom stereocenters. The Morgan fingerprint density at radius 1 is 0.195 bits per heavy atom. The minimum Gasteiger partial charge on any atom is -0.0654 e. The zero-order valence-electron chi connectivity index (χ0n) is 63.0. The largest absolute Gasteiger partial charge is 0.0654 e. The summed E-state index contributed by atoms with van der Waals surface area (Å²) in [5, 5.41) is 0. The Morgan fingerprint density at radius 2 is 0.338 bits per heavy atom. The third-order valence-electron chi connectivity index (χ3n) is 21.6. The van der Waals surface area contributed by atoms with Gasteiger partial charge in [0, 0.05) is 0 Å². The molecule has 0 rings (SSSR count). The SMILES string of the molecule is CCC(C)(C)CC.CCC(C)CC.CCC(C)CC.CCC(C)CC.CCC(CC)(CC)CC.CCC(CC)(CC)CC.CCC(CC)(CC)CC.CCC(CC)CC.CCC(CC)CC.CCCC(CC)(CC)CCC. The Balaban J connectivity index is -0.0000000815. The lowest BCUT2D eigenvalue weighted by Crippen LogP contribution is -2.17. The maximum Gasteiger partial charge on any atom is -0.0303 e. The molecule has 0 saturated heterocycles. The van der Waals surface area contributed by atoms with Crippen LogP contribution in [0, 0.1) is 56.7 Å². The molecule has 0 spiro atoms. The van der Waals surface area contributed by atoms with E-state index in [-0.39, 0.29) is 0 Å². The van der Waals surface area contributed by atoms with Gasteiger partial charge in [-0.25, -0.2) is 0 Å². The Bertz CT molecular complexity index is 756. The first-order valence-corrected chi connectivity index (χ1v) is 36.2. The Morgan fingerprint density at radius 3 is 0.364 bits per heavy atom. The van der Waals surface area contributed by atoms with Gasteiger partial charge in [-0.3, -0.25) is 0 Å². The third-order valence-corrected chi connectivity index (χ3v) is 21.6. The molecule has 0 saturated carbocycles. The molecule has 0 heteroatoms. The van der Waals surface area contributed by atoms with Crippen LogP contribution in [-0.4, -0.2) is 0 Å². The highest BCUT2D eigenvalue weighted by atomic mass is 14.3. The monoisotopic (exact) mass is 1100 g/mol. The van der Waals surface area contributed by atoms with Crippen molar-refractivity contribution in [2.75, 3.05) is 0 Å². The highest BCUT2D eigenvalue weighted by Crippen LogP contribution is 2.37. The summed E-state index contributed by atoms with van der Waals surface area (Å²) in [6, 6.07) is 0. The average Bonchev–Trinajstić information content (AvgIpc) is 3.49. The summed E-state index contributed by atoms with van der Waals surface area (Å²) >= 11 is 0. The maximum absolute atomic E-state index is 2.34. The van der Waals surface area contributed by atoms with Crippen LogP contribution in [0.1, 0.15) is 448 Å². The molecule has 0 N–H and O–H groups in total. The molecule has 0 nitrogen and oxygen atoms in total. The number of hydrogen-bond acceptors (Lipinski definition) is 0. The molecule has 0 aromatic rings. The van der Waals surface area contributed by atoms with Crippen LogP contribution in [0.3, 0.4) is 0 Å². The second-order valence-corrected chi connectivity index (χ2v) is 25.3. The van der Waals surface area contributed by atoms with Gasteiger partial charge in [-0.15, -0.1) is 0 Å². The van der Waals surface area contributed by atoms with E-state index in [0.717, 1.165) is 29.6 Å². The van der Waals surface area contributed by atoms with Gasteiger partial charge in [0.15, 0.2) is 0 Å². The molecule has 0 aliphatic rings. The minimum atomic E-state index is 0.583. The standard InChI is InChI=1S/C11H24.3C9H20.3C7H16.3C6H14/c1-5-9-11(7-3,8-4)10-6-2;3*1-5-9(6-2,7-3)8-4;1-5-7(3,4)6-2;2*1-4-7(5-2)6-3;3*1-4-6(3)5-2/h5-10H2,1-4H3;3*5-8H2,1-4H3;5-6H2,1-4H3;2*7H,4-6H2,1-3H3;3*6H,4-5H2,1-3H3. The van der Waals surface area contributed by atoms with Crippen molar-refractivity contribution in [1.82, 2.24) is 0 Å². The van der Waals surface area contributed by atoms with E-state index in [1.54, 1.807) is 0 Å². The average molecular weight is 1100 g/mol. The van der Waals surface area contributed by atoms with E-state index >= 15 is 0 Å². The molecule has 77 heavy (non-hydrogen) atoms. The molecule has 0 aliphatic heterocycles. The van der Waals surface area contributed by atoms with Crippen LogP contribution >= 0.6 is 0 Å². The summed E-state index contributed by atoms with van der Waals surface area (Å²) < 4.78 is 0. The molecule has 482 valence electrons. The van der Waals surface area contributed by atoms with E-state index in [0.29, 0.717) is 27.1 Å². The van der Waals surface area contributed by atoms with Crippen LogP contribution in [-0.2, 0) is 0 Å². The molecule has 0 unspecified atom stereocenters. The van der Waals surface area contributed by atoms with Gasteiger partial charge < -0.3 is 0 Å². The van der Waals surface area contributed by atoms with Gasteiger partial charge in [0.2, 0.25) is 0 Å². The molecule has 0 heterocycles. The van der Waals surface area contributed by atoms with Crippen molar-refractivity contribution >= 4 is 0 Å². The van der Waals surface area contributed by atoms with Gasteiger partial charge in [-0.1, -0.05) is 435 Å². The summed E-state index contributed by atoms with van der Waals surface area (Å²) in [6.45, 7) is 79.8. The summed E-state index contributed by atoms with van der Waals surface area (Å²) in [6.07, 6.45) is 43.1. The molecule has 0 aromatic carbocycles. The van der Waals surface area contributed by atoms with Crippen molar-refractivity contribution in [3.05, 3.63) is 0 Å². The van der Waals surface area contributed by atoms with Crippen LogP contribution in [0.2, 0.25) is 0 Å². The topological polar surface area (TPSA) is 0 Å². The number of rotatable bonds is 32. The Hall–Kier alpha value is 0. The van der Waals surface area contributed by atoms with Gasteiger partial charge in [0.25, 0.3) is 0 Å². The van der Waals surface area contributed by atoms with Gasteiger partial charge in [0.05, 0.1) is 0 Å². The van der Waals surface area contributed by atoms with E-state index in [1.165, 1.54) is 205 Å². The molecular weight excluding hydrogens is 925 g/mol. The lowest BCUT2D eigenvalue weighted by atomic mass is 9.75. The van der Waals surface area contributed by atoms with Crippen LogP contribution < -0.4 is 0 Å². The van der Waals surface area contributed by atoms with Gasteiger partial charge >= 0.3 is 0 Å². The second kappa shape index (κ2) is 72.1.